The first kappa shape index (κ1) is 25.1. The van der Waals surface area contributed by atoms with E-state index < -0.39 is 0 Å². The van der Waals surface area contributed by atoms with Crippen molar-refractivity contribution in [2.24, 2.45) is 4.99 Å². The van der Waals surface area contributed by atoms with Gasteiger partial charge in [0.1, 0.15) is 12.7 Å². The Bertz CT molecular complexity index is 1340. The van der Waals surface area contributed by atoms with Crippen LogP contribution in [-0.4, -0.2) is 29.8 Å². The smallest absolute Gasteiger partial charge is 0.137 e. The molecular formula is C25H19Cl3N6S. The summed E-state index contributed by atoms with van der Waals surface area (Å²) >= 11 is 19.7. The number of hydrogen-bond acceptors (Lipinski definition) is 6. The number of para-hydroxylation sites is 2. The second kappa shape index (κ2) is 12.7. The maximum Gasteiger partial charge on any atom is 0.137 e. The Hall–Kier alpha value is -2.97. The highest BCUT2D eigenvalue weighted by Gasteiger charge is 2.07. The van der Waals surface area contributed by atoms with Crippen LogP contribution in [0.15, 0.2) is 96.8 Å². The summed E-state index contributed by atoms with van der Waals surface area (Å²) < 4.78 is 1.72. The fourth-order valence-electron chi connectivity index (χ4n) is 2.93. The molecule has 176 valence electrons. The average molecular weight is 542 g/mol. The van der Waals surface area contributed by atoms with Crippen LogP contribution in [0.1, 0.15) is 5.56 Å². The third-order valence-corrected chi connectivity index (χ3v) is 6.43. The maximum atomic E-state index is 6.24. The molecule has 0 N–H and O–H groups in total. The lowest BCUT2D eigenvalue weighted by atomic mass is 10.2. The standard InChI is InChI=1S/C17H13Cl3N4S.C8H6N2/c18-13-3-1-12(2-4-13)9-25-17(8-24-11-21-10-22-24)23-16-6-5-14(19)7-15(16)20;1-2-4-8-7(3-1)9-5-6-10-8/h1-7,10-11H,8-9H2;1-6H/b23-17-;. The van der Waals surface area contributed by atoms with Gasteiger partial charge >= 0.3 is 0 Å². The summed E-state index contributed by atoms with van der Waals surface area (Å²) in [6.45, 7) is 0.511. The molecule has 6 nitrogen and oxygen atoms in total. The Labute approximate surface area is 222 Å². The number of fused-ring (bicyclic) bond motifs is 1. The van der Waals surface area contributed by atoms with E-state index in [9.17, 15) is 0 Å². The van der Waals surface area contributed by atoms with Crippen LogP contribution in [0.25, 0.3) is 11.0 Å². The van der Waals surface area contributed by atoms with Crippen LogP contribution in [-0.2, 0) is 12.3 Å². The molecule has 35 heavy (non-hydrogen) atoms. The lowest BCUT2D eigenvalue weighted by molar-refractivity contribution is 0.727. The predicted molar refractivity (Wildman–Crippen MR) is 146 cm³/mol. The molecule has 0 aliphatic rings. The van der Waals surface area contributed by atoms with Crippen molar-refractivity contribution in [2.45, 2.75) is 12.3 Å². The van der Waals surface area contributed by atoms with Gasteiger partial charge in [0.05, 0.1) is 33.3 Å². The molecule has 5 rings (SSSR count). The zero-order valence-corrected chi connectivity index (χ0v) is 21.4. The number of rotatable bonds is 5. The number of aliphatic imine (C=N–C) groups is 1. The summed E-state index contributed by atoms with van der Waals surface area (Å²) in [5.74, 6) is 0.760. The van der Waals surface area contributed by atoms with Crippen molar-refractivity contribution in [1.82, 2.24) is 24.7 Å². The Kier molecular flexibility index (Phi) is 9.08. The fourth-order valence-corrected chi connectivity index (χ4v) is 4.42. The van der Waals surface area contributed by atoms with Gasteiger partial charge in [-0.05, 0) is 48.0 Å². The molecule has 0 saturated carbocycles. The topological polar surface area (TPSA) is 68.8 Å². The monoisotopic (exact) mass is 540 g/mol. The van der Waals surface area contributed by atoms with Gasteiger partial charge in [0.25, 0.3) is 0 Å². The van der Waals surface area contributed by atoms with Crippen LogP contribution >= 0.6 is 46.6 Å². The van der Waals surface area contributed by atoms with Crippen molar-refractivity contribution in [2.75, 3.05) is 0 Å². The molecule has 0 unspecified atom stereocenters. The Morgan fingerprint density at radius 1 is 0.857 bits per heavy atom. The summed E-state index contributed by atoms with van der Waals surface area (Å²) in [4.78, 5) is 16.9. The molecule has 0 bridgehead atoms. The summed E-state index contributed by atoms with van der Waals surface area (Å²) in [7, 11) is 0. The lowest BCUT2D eigenvalue weighted by Crippen LogP contribution is -2.08. The van der Waals surface area contributed by atoms with E-state index in [1.54, 1.807) is 53.4 Å². The summed E-state index contributed by atoms with van der Waals surface area (Å²) in [6.07, 6.45) is 6.54. The lowest BCUT2D eigenvalue weighted by Gasteiger charge is -2.08. The first-order valence-corrected chi connectivity index (χ1v) is 12.6. The van der Waals surface area contributed by atoms with E-state index >= 15 is 0 Å². The highest BCUT2D eigenvalue weighted by molar-refractivity contribution is 8.13. The van der Waals surface area contributed by atoms with Crippen molar-refractivity contribution in [3.05, 3.63) is 112 Å². The SMILES string of the molecule is Clc1ccc(CS/C(Cn2cncn2)=N\c2ccc(Cl)cc2Cl)cc1.c1ccc2nccnc2c1. The van der Waals surface area contributed by atoms with Crippen molar-refractivity contribution in [3.8, 4) is 0 Å². The van der Waals surface area contributed by atoms with E-state index in [2.05, 4.69) is 25.0 Å². The van der Waals surface area contributed by atoms with Crippen molar-refractivity contribution < 1.29 is 0 Å². The molecule has 5 aromatic rings. The summed E-state index contributed by atoms with van der Waals surface area (Å²) in [5, 5.41) is 6.82. The third-order valence-electron chi connectivity index (χ3n) is 4.61. The molecule has 0 aliphatic carbocycles. The first-order valence-electron chi connectivity index (χ1n) is 10.4. The van der Waals surface area contributed by atoms with E-state index in [0.29, 0.717) is 22.3 Å². The zero-order valence-electron chi connectivity index (χ0n) is 18.3. The van der Waals surface area contributed by atoms with Gasteiger partial charge in [-0.2, -0.15) is 5.10 Å². The van der Waals surface area contributed by atoms with Crippen LogP contribution in [0.2, 0.25) is 15.1 Å². The van der Waals surface area contributed by atoms with Crippen molar-refractivity contribution in [3.63, 3.8) is 0 Å². The van der Waals surface area contributed by atoms with Gasteiger partial charge in [-0.15, -0.1) is 11.8 Å². The molecule has 2 aromatic heterocycles. The average Bonchev–Trinajstić information content (AvgIpc) is 3.39. The van der Waals surface area contributed by atoms with Crippen LogP contribution in [0, 0.1) is 0 Å². The predicted octanol–water partition coefficient (Wildman–Crippen LogP) is 7.53. The number of halogens is 3. The quantitative estimate of drug-likeness (QED) is 0.170. The minimum absolute atomic E-state index is 0.510. The number of benzene rings is 3. The molecule has 0 saturated heterocycles. The first-order chi connectivity index (χ1) is 17.1. The maximum absolute atomic E-state index is 6.24. The van der Waals surface area contributed by atoms with Gasteiger partial charge in [0.15, 0.2) is 0 Å². The van der Waals surface area contributed by atoms with Gasteiger partial charge in [-0.1, -0.05) is 59.1 Å². The minimum atomic E-state index is 0.510. The molecule has 3 aromatic carbocycles. The van der Waals surface area contributed by atoms with Gasteiger partial charge < -0.3 is 0 Å². The molecule has 10 heteroatoms. The van der Waals surface area contributed by atoms with Gasteiger partial charge in [-0.3, -0.25) is 9.97 Å². The minimum Gasteiger partial charge on any atom is -0.253 e. The number of aromatic nitrogens is 5. The van der Waals surface area contributed by atoms with Gasteiger partial charge in [0, 0.05) is 28.2 Å². The van der Waals surface area contributed by atoms with Crippen LogP contribution in [0.5, 0.6) is 0 Å². The summed E-state index contributed by atoms with van der Waals surface area (Å²) in [5.41, 5.74) is 3.72. The van der Waals surface area contributed by atoms with E-state index in [1.807, 2.05) is 48.5 Å². The largest absolute Gasteiger partial charge is 0.253 e. The molecule has 0 fully saturated rings. The Balaban J connectivity index is 0.000000239. The second-order valence-corrected chi connectivity index (χ2v) is 9.48. The van der Waals surface area contributed by atoms with Crippen LogP contribution < -0.4 is 0 Å². The molecular weight excluding hydrogens is 523 g/mol. The third kappa shape index (κ3) is 7.77. The normalized spacial score (nSPS) is 11.2. The molecule has 0 atom stereocenters. The summed E-state index contributed by atoms with van der Waals surface area (Å²) in [6, 6.07) is 20.8. The molecule has 0 aliphatic heterocycles. The van der Waals surface area contributed by atoms with E-state index in [4.69, 9.17) is 34.8 Å². The molecule has 2 heterocycles. The number of hydrogen-bond donors (Lipinski definition) is 0. The fraction of sp³-hybridized carbons (Fsp3) is 0.0800. The van der Waals surface area contributed by atoms with Gasteiger partial charge in [-0.25, -0.2) is 14.7 Å². The van der Waals surface area contributed by atoms with Crippen LogP contribution in [0.3, 0.4) is 0 Å². The second-order valence-electron chi connectivity index (χ2n) is 7.15. The van der Waals surface area contributed by atoms with E-state index in [1.165, 1.54) is 6.33 Å². The number of nitrogens with zero attached hydrogens (tertiary/aromatic N) is 6. The van der Waals surface area contributed by atoms with E-state index in [0.717, 1.165) is 32.4 Å². The number of thioether (sulfide) groups is 1. The molecule has 0 spiro atoms. The van der Waals surface area contributed by atoms with Crippen molar-refractivity contribution in [1.29, 1.82) is 0 Å². The Morgan fingerprint density at radius 3 is 2.17 bits per heavy atom. The Morgan fingerprint density at radius 2 is 1.54 bits per heavy atom. The molecule has 0 amide bonds. The van der Waals surface area contributed by atoms with Gasteiger partial charge in [0.2, 0.25) is 0 Å². The highest BCUT2D eigenvalue weighted by atomic mass is 35.5. The van der Waals surface area contributed by atoms with Crippen molar-refractivity contribution >= 4 is 68.3 Å². The zero-order chi connectivity index (χ0) is 24.5. The van der Waals surface area contributed by atoms with Crippen LogP contribution in [0.4, 0.5) is 5.69 Å². The highest BCUT2D eigenvalue weighted by Crippen LogP contribution is 2.30. The van der Waals surface area contributed by atoms with E-state index in [-0.39, 0.29) is 0 Å². The molecule has 0 radical (unpaired) electrons.